The number of aromatic nitrogens is 1. The van der Waals surface area contributed by atoms with Gasteiger partial charge in [0.05, 0.1) is 23.1 Å². The normalized spacial score (nSPS) is 10.3. The molecule has 2 aromatic carbocycles. The van der Waals surface area contributed by atoms with Crippen molar-refractivity contribution in [2.24, 2.45) is 0 Å². The third kappa shape index (κ3) is 4.65. The summed E-state index contributed by atoms with van der Waals surface area (Å²) < 4.78 is 6.42. The number of carbonyl (C=O) groups is 1. The Labute approximate surface area is 159 Å². The van der Waals surface area contributed by atoms with Gasteiger partial charge < -0.3 is 9.73 Å². The van der Waals surface area contributed by atoms with Gasteiger partial charge in [-0.3, -0.25) is 19.5 Å². The quantitative estimate of drug-likeness (QED) is 0.402. The van der Waals surface area contributed by atoms with Crippen molar-refractivity contribution in [3.8, 4) is 11.8 Å². The van der Waals surface area contributed by atoms with E-state index in [4.69, 9.17) is 4.42 Å². The highest BCUT2D eigenvalue weighted by Gasteiger charge is 2.14. The molecule has 0 unspecified atom stereocenters. The highest BCUT2D eigenvalue weighted by Crippen LogP contribution is 2.20. The maximum absolute atomic E-state index is 11.9. The lowest BCUT2D eigenvalue weighted by Crippen LogP contribution is -2.24. The minimum atomic E-state index is -0.607. The number of rotatable bonds is 6. The number of non-ortho nitro benzene ring substituents is 1. The van der Waals surface area contributed by atoms with Crippen LogP contribution in [0.2, 0.25) is 0 Å². The second-order valence-corrected chi connectivity index (χ2v) is 5.98. The summed E-state index contributed by atoms with van der Waals surface area (Å²) in [6, 6.07) is 13.5. The van der Waals surface area contributed by atoms with Gasteiger partial charge in [0, 0.05) is 24.6 Å². The van der Waals surface area contributed by atoms with Crippen LogP contribution in [-0.4, -0.2) is 21.9 Å². The van der Waals surface area contributed by atoms with Crippen LogP contribution in [0.25, 0.3) is 11.1 Å². The van der Waals surface area contributed by atoms with Crippen molar-refractivity contribution in [2.45, 2.75) is 19.4 Å². The van der Waals surface area contributed by atoms with Crippen LogP contribution in [0.1, 0.15) is 18.4 Å². The summed E-state index contributed by atoms with van der Waals surface area (Å²) in [5, 5.41) is 13.5. The average Bonchev–Trinajstić information content (AvgIpc) is 3.00. The molecular weight excluding hydrogens is 362 g/mol. The van der Waals surface area contributed by atoms with Gasteiger partial charge in [-0.05, 0) is 24.6 Å². The second kappa shape index (κ2) is 8.68. The Hall–Kier alpha value is -3.86. The number of fused-ring (bicyclic) bond motifs is 1. The van der Waals surface area contributed by atoms with Gasteiger partial charge in [0.2, 0.25) is 5.91 Å². The van der Waals surface area contributed by atoms with Gasteiger partial charge in [-0.2, -0.15) is 0 Å². The van der Waals surface area contributed by atoms with Crippen molar-refractivity contribution in [3.63, 3.8) is 0 Å². The van der Waals surface area contributed by atoms with E-state index in [1.54, 1.807) is 0 Å². The van der Waals surface area contributed by atoms with E-state index in [2.05, 4.69) is 17.2 Å². The summed E-state index contributed by atoms with van der Waals surface area (Å²) in [6.45, 7) is 0.513. The second-order valence-electron chi connectivity index (χ2n) is 5.98. The number of nitrogens with zero attached hydrogens (tertiary/aromatic N) is 2. The molecule has 1 N–H and O–H groups in total. The van der Waals surface area contributed by atoms with Crippen LogP contribution in [0, 0.1) is 22.0 Å². The largest absolute Gasteiger partial charge is 0.419 e. The van der Waals surface area contributed by atoms with Crippen LogP contribution in [0.15, 0.2) is 57.7 Å². The Morgan fingerprint density at radius 3 is 2.75 bits per heavy atom. The third-order valence-corrected chi connectivity index (χ3v) is 4.03. The summed E-state index contributed by atoms with van der Waals surface area (Å²) in [6.07, 6.45) is 0.641. The lowest BCUT2D eigenvalue weighted by atomic mass is 10.2. The summed E-state index contributed by atoms with van der Waals surface area (Å²) >= 11 is 0. The SMILES string of the molecule is O=C(CCCn1c(=O)oc2cc([N+](=O)[O-])ccc21)NCC#Cc1ccccc1. The minimum absolute atomic E-state index is 0.149. The van der Waals surface area contributed by atoms with E-state index in [1.165, 1.54) is 22.8 Å². The Kier molecular flexibility index (Phi) is 5.87. The van der Waals surface area contributed by atoms with Crippen molar-refractivity contribution in [3.05, 3.63) is 74.8 Å². The molecule has 0 fully saturated rings. The van der Waals surface area contributed by atoms with E-state index in [0.717, 1.165) is 5.56 Å². The van der Waals surface area contributed by atoms with Gasteiger partial charge in [0.1, 0.15) is 0 Å². The first-order chi connectivity index (χ1) is 13.5. The molecule has 0 aliphatic carbocycles. The molecule has 0 atom stereocenters. The lowest BCUT2D eigenvalue weighted by molar-refractivity contribution is -0.384. The van der Waals surface area contributed by atoms with Gasteiger partial charge in [0.25, 0.3) is 5.69 Å². The standard InChI is InChI=1S/C20H17N3O5/c24-19(21-12-4-8-15-6-2-1-3-7-15)9-5-13-22-17-11-10-16(23(26)27)14-18(17)28-20(22)25/h1-3,6-7,10-11,14H,5,9,12-13H2,(H,21,24). The summed E-state index contributed by atoms with van der Waals surface area (Å²) in [4.78, 5) is 34.1. The minimum Gasteiger partial charge on any atom is -0.407 e. The fraction of sp³-hybridized carbons (Fsp3) is 0.200. The zero-order valence-electron chi connectivity index (χ0n) is 14.9. The predicted molar refractivity (Wildman–Crippen MR) is 103 cm³/mol. The highest BCUT2D eigenvalue weighted by atomic mass is 16.6. The van der Waals surface area contributed by atoms with Crippen LogP contribution >= 0.6 is 0 Å². The van der Waals surface area contributed by atoms with Crippen molar-refractivity contribution >= 4 is 22.7 Å². The fourth-order valence-electron chi connectivity index (χ4n) is 2.68. The molecule has 8 heteroatoms. The zero-order chi connectivity index (χ0) is 19.9. The molecule has 142 valence electrons. The highest BCUT2D eigenvalue weighted by molar-refractivity contribution is 5.77. The van der Waals surface area contributed by atoms with E-state index < -0.39 is 10.7 Å². The Bertz CT molecular complexity index is 1120. The summed E-state index contributed by atoms with van der Waals surface area (Å²) in [5.74, 6) is 5.05. The number of nitro benzene ring substituents is 1. The maximum Gasteiger partial charge on any atom is 0.419 e. The number of aryl methyl sites for hydroxylation is 1. The molecule has 0 aliphatic rings. The molecule has 0 aliphatic heterocycles. The number of oxazole rings is 1. The molecule has 1 aromatic heterocycles. The maximum atomic E-state index is 11.9. The third-order valence-electron chi connectivity index (χ3n) is 4.03. The molecule has 8 nitrogen and oxygen atoms in total. The molecule has 0 saturated heterocycles. The first-order valence-corrected chi connectivity index (χ1v) is 8.63. The van der Waals surface area contributed by atoms with E-state index in [-0.39, 0.29) is 36.7 Å². The number of nitro groups is 1. The first kappa shape index (κ1) is 18.9. The summed E-state index contributed by atoms with van der Waals surface area (Å²) in [7, 11) is 0. The van der Waals surface area contributed by atoms with Crippen molar-refractivity contribution in [1.29, 1.82) is 0 Å². The van der Waals surface area contributed by atoms with Gasteiger partial charge in [-0.25, -0.2) is 4.79 Å². The molecular formula is C20H17N3O5. The Morgan fingerprint density at radius 1 is 1.21 bits per heavy atom. The van der Waals surface area contributed by atoms with Gasteiger partial charge in [-0.15, -0.1) is 0 Å². The van der Waals surface area contributed by atoms with E-state index in [0.29, 0.717) is 11.9 Å². The smallest absolute Gasteiger partial charge is 0.407 e. The van der Waals surface area contributed by atoms with Crippen LogP contribution in [-0.2, 0) is 11.3 Å². The molecule has 0 spiro atoms. The van der Waals surface area contributed by atoms with Crippen molar-refractivity contribution < 1.29 is 14.1 Å². The molecule has 3 aromatic rings. The monoisotopic (exact) mass is 379 g/mol. The van der Waals surface area contributed by atoms with Crippen LogP contribution in [0.5, 0.6) is 0 Å². The number of hydrogen-bond donors (Lipinski definition) is 1. The van der Waals surface area contributed by atoms with E-state index >= 15 is 0 Å². The topological polar surface area (TPSA) is 107 Å². The molecule has 28 heavy (non-hydrogen) atoms. The average molecular weight is 379 g/mol. The van der Waals surface area contributed by atoms with Gasteiger partial charge >= 0.3 is 5.76 Å². The Morgan fingerprint density at radius 2 is 2.00 bits per heavy atom. The van der Waals surface area contributed by atoms with E-state index in [9.17, 15) is 19.7 Å². The Balaban J connectivity index is 1.51. The molecule has 0 radical (unpaired) electrons. The molecule has 0 saturated carbocycles. The van der Waals surface area contributed by atoms with Crippen LogP contribution < -0.4 is 11.1 Å². The van der Waals surface area contributed by atoms with Crippen LogP contribution in [0.4, 0.5) is 5.69 Å². The van der Waals surface area contributed by atoms with E-state index in [1.807, 2.05) is 30.3 Å². The molecule has 1 amide bonds. The van der Waals surface area contributed by atoms with Crippen molar-refractivity contribution in [1.82, 2.24) is 9.88 Å². The zero-order valence-corrected chi connectivity index (χ0v) is 14.9. The van der Waals surface area contributed by atoms with Crippen molar-refractivity contribution in [2.75, 3.05) is 6.54 Å². The number of nitrogens with one attached hydrogen (secondary N) is 1. The number of amides is 1. The molecule has 0 bridgehead atoms. The molecule has 3 rings (SSSR count). The first-order valence-electron chi connectivity index (χ1n) is 8.63. The van der Waals surface area contributed by atoms with Crippen LogP contribution in [0.3, 0.4) is 0 Å². The number of carbonyl (C=O) groups excluding carboxylic acids is 1. The number of hydrogen-bond acceptors (Lipinski definition) is 5. The number of benzene rings is 2. The summed E-state index contributed by atoms with van der Waals surface area (Å²) in [5.41, 5.74) is 1.34. The molecule has 1 heterocycles. The van der Waals surface area contributed by atoms with Gasteiger partial charge in [-0.1, -0.05) is 30.0 Å². The fourth-order valence-corrected chi connectivity index (χ4v) is 2.68. The lowest BCUT2D eigenvalue weighted by Gasteiger charge is -2.03. The van der Waals surface area contributed by atoms with Gasteiger partial charge in [0.15, 0.2) is 5.58 Å². The predicted octanol–water partition coefficient (Wildman–Crippen LogP) is 2.45.